The molecule has 2 heterocycles. The second-order valence-corrected chi connectivity index (χ2v) is 9.27. The maximum Gasteiger partial charge on any atom is 0.244 e. The zero-order chi connectivity index (χ0) is 15.6. The molecule has 0 saturated carbocycles. The Bertz CT molecular complexity index is 630. The van der Waals surface area contributed by atoms with E-state index >= 15 is 0 Å². The summed E-state index contributed by atoms with van der Waals surface area (Å²) >= 11 is 3.33. The minimum atomic E-state index is -3.61. The fourth-order valence-corrected chi connectivity index (χ4v) is 6.64. The van der Waals surface area contributed by atoms with Gasteiger partial charge in [0.05, 0.1) is 10.8 Å². The van der Waals surface area contributed by atoms with Crippen LogP contribution in [0.15, 0.2) is 35.2 Å². The van der Waals surface area contributed by atoms with Gasteiger partial charge in [-0.05, 0) is 12.1 Å². The Hall–Kier alpha value is -0.700. The first-order chi connectivity index (χ1) is 10.6. The first-order valence-electron chi connectivity index (χ1n) is 7.12. The Kier molecular flexibility index (Phi) is 5.01. The van der Waals surface area contributed by atoms with Crippen LogP contribution in [0.3, 0.4) is 0 Å². The van der Waals surface area contributed by atoms with E-state index in [4.69, 9.17) is 0 Å². The van der Waals surface area contributed by atoms with Crippen molar-refractivity contribution in [2.24, 2.45) is 0 Å². The molecule has 0 aromatic heterocycles. The highest BCUT2D eigenvalue weighted by Gasteiger charge is 2.41. The molecule has 8 heteroatoms. The number of carbonyl (C=O) groups is 1. The third-order valence-electron chi connectivity index (χ3n) is 3.80. The molecule has 0 aliphatic carbocycles. The largest absolute Gasteiger partial charge is 0.340 e. The molecule has 2 aliphatic heterocycles. The van der Waals surface area contributed by atoms with Gasteiger partial charge >= 0.3 is 0 Å². The van der Waals surface area contributed by atoms with E-state index in [9.17, 15) is 13.2 Å². The van der Waals surface area contributed by atoms with Crippen LogP contribution in [0.25, 0.3) is 0 Å². The van der Waals surface area contributed by atoms with Crippen molar-refractivity contribution >= 4 is 39.5 Å². The third kappa shape index (κ3) is 3.15. The van der Waals surface area contributed by atoms with E-state index in [0.717, 1.165) is 11.5 Å². The highest BCUT2D eigenvalue weighted by molar-refractivity contribution is 8.00. The van der Waals surface area contributed by atoms with Crippen LogP contribution in [0.5, 0.6) is 0 Å². The SMILES string of the molecule is O=C([C@H]1CSCN1S(=O)(=O)c1ccccc1)N1CCSCC1. The van der Waals surface area contributed by atoms with Crippen LogP contribution in [0, 0.1) is 0 Å². The number of carbonyl (C=O) groups excluding carboxylic acids is 1. The van der Waals surface area contributed by atoms with Crippen LogP contribution in [0.2, 0.25) is 0 Å². The van der Waals surface area contributed by atoms with Crippen molar-refractivity contribution in [2.75, 3.05) is 36.2 Å². The lowest BCUT2D eigenvalue weighted by atomic mass is 10.3. The topological polar surface area (TPSA) is 57.7 Å². The van der Waals surface area contributed by atoms with Crippen LogP contribution in [0.1, 0.15) is 0 Å². The summed E-state index contributed by atoms with van der Waals surface area (Å²) in [6.07, 6.45) is 0. The minimum Gasteiger partial charge on any atom is -0.340 e. The summed E-state index contributed by atoms with van der Waals surface area (Å²) in [4.78, 5) is 14.7. The highest BCUT2D eigenvalue weighted by Crippen LogP contribution is 2.29. The number of benzene rings is 1. The number of hydrogen-bond acceptors (Lipinski definition) is 5. The van der Waals surface area contributed by atoms with Gasteiger partial charge in [-0.1, -0.05) is 18.2 Å². The van der Waals surface area contributed by atoms with Crippen LogP contribution >= 0.6 is 23.5 Å². The summed E-state index contributed by atoms with van der Waals surface area (Å²) < 4.78 is 26.9. The predicted molar refractivity (Wildman–Crippen MR) is 90.5 cm³/mol. The van der Waals surface area contributed by atoms with Gasteiger partial charge < -0.3 is 4.90 Å². The van der Waals surface area contributed by atoms with E-state index in [-0.39, 0.29) is 10.8 Å². The van der Waals surface area contributed by atoms with E-state index in [2.05, 4.69) is 0 Å². The Morgan fingerprint density at radius 3 is 2.45 bits per heavy atom. The van der Waals surface area contributed by atoms with Crippen LogP contribution < -0.4 is 0 Å². The van der Waals surface area contributed by atoms with Gasteiger partial charge in [-0.3, -0.25) is 4.79 Å². The maximum absolute atomic E-state index is 12.8. The second-order valence-electron chi connectivity index (χ2n) is 5.16. The molecule has 1 atom stereocenters. The van der Waals surface area contributed by atoms with Gasteiger partial charge in [0.25, 0.3) is 0 Å². The zero-order valence-electron chi connectivity index (χ0n) is 12.1. The molecule has 0 bridgehead atoms. The summed E-state index contributed by atoms with van der Waals surface area (Å²) in [6.45, 7) is 1.42. The Morgan fingerprint density at radius 2 is 1.77 bits per heavy atom. The number of thioether (sulfide) groups is 2. The van der Waals surface area contributed by atoms with Gasteiger partial charge in [0.1, 0.15) is 6.04 Å². The molecular weight excluding hydrogens is 340 g/mol. The summed E-state index contributed by atoms with van der Waals surface area (Å²) in [7, 11) is -3.61. The van der Waals surface area contributed by atoms with Crippen LogP contribution in [-0.2, 0) is 14.8 Å². The summed E-state index contributed by atoms with van der Waals surface area (Å²) in [5.41, 5.74) is 0. The molecule has 3 rings (SSSR count). The minimum absolute atomic E-state index is 0.0511. The van der Waals surface area contributed by atoms with E-state index in [0.29, 0.717) is 24.7 Å². The van der Waals surface area contributed by atoms with Crippen molar-refractivity contribution in [3.05, 3.63) is 30.3 Å². The summed E-state index contributed by atoms with van der Waals surface area (Å²) in [6, 6.07) is 7.78. The molecular formula is C14H18N2O3S3. The van der Waals surface area contributed by atoms with Crippen LogP contribution in [0.4, 0.5) is 0 Å². The lowest BCUT2D eigenvalue weighted by Gasteiger charge is -2.31. The number of hydrogen-bond donors (Lipinski definition) is 0. The van der Waals surface area contributed by atoms with Crippen molar-refractivity contribution < 1.29 is 13.2 Å². The van der Waals surface area contributed by atoms with Gasteiger partial charge in [0.15, 0.2) is 0 Å². The molecule has 1 amide bonds. The monoisotopic (exact) mass is 358 g/mol. The first kappa shape index (κ1) is 16.2. The number of rotatable bonds is 3. The lowest BCUT2D eigenvalue weighted by molar-refractivity contribution is -0.133. The predicted octanol–water partition coefficient (Wildman–Crippen LogP) is 1.33. The molecule has 2 aliphatic rings. The number of nitrogens with zero attached hydrogens (tertiary/aromatic N) is 2. The molecule has 0 spiro atoms. The van der Waals surface area contributed by atoms with Crippen molar-refractivity contribution in [3.63, 3.8) is 0 Å². The molecule has 22 heavy (non-hydrogen) atoms. The quantitative estimate of drug-likeness (QED) is 0.816. The molecule has 1 aromatic rings. The van der Waals surface area contributed by atoms with Gasteiger partial charge in [0, 0.05) is 30.3 Å². The number of amides is 1. The lowest BCUT2D eigenvalue weighted by Crippen LogP contribution is -2.51. The average Bonchev–Trinajstić information content (AvgIpc) is 3.06. The van der Waals surface area contributed by atoms with Crippen LogP contribution in [-0.4, -0.2) is 65.8 Å². The van der Waals surface area contributed by atoms with Crippen molar-refractivity contribution in [3.8, 4) is 0 Å². The fourth-order valence-electron chi connectivity index (χ4n) is 2.58. The van der Waals surface area contributed by atoms with E-state index in [1.165, 1.54) is 16.1 Å². The number of sulfonamides is 1. The smallest absolute Gasteiger partial charge is 0.244 e. The Balaban J connectivity index is 1.82. The average molecular weight is 359 g/mol. The molecule has 120 valence electrons. The zero-order valence-corrected chi connectivity index (χ0v) is 14.5. The first-order valence-corrected chi connectivity index (χ1v) is 10.9. The van der Waals surface area contributed by atoms with E-state index in [1.54, 1.807) is 35.2 Å². The van der Waals surface area contributed by atoms with Crippen molar-refractivity contribution in [2.45, 2.75) is 10.9 Å². The van der Waals surface area contributed by atoms with E-state index in [1.807, 2.05) is 11.8 Å². The maximum atomic E-state index is 12.8. The molecule has 2 fully saturated rings. The summed E-state index contributed by atoms with van der Waals surface area (Å²) in [5.74, 6) is 2.68. The van der Waals surface area contributed by atoms with Crippen molar-refractivity contribution in [1.29, 1.82) is 0 Å². The normalized spacial score (nSPS) is 23.6. The summed E-state index contributed by atoms with van der Waals surface area (Å²) in [5, 5.41) is 0. The standard InChI is InChI=1S/C14H18N2O3S3/c17-14(15-6-8-20-9-7-15)13-10-21-11-16(13)22(18,19)12-4-2-1-3-5-12/h1-5,13H,6-11H2/t13-/m1/s1. The Labute approximate surface area is 139 Å². The van der Waals surface area contributed by atoms with Gasteiger partial charge in [0.2, 0.25) is 15.9 Å². The van der Waals surface area contributed by atoms with Gasteiger partial charge in [-0.15, -0.1) is 11.8 Å². The fraction of sp³-hybridized carbons (Fsp3) is 0.500. The molecule has 0 radical (unpaired) electrons. The molecule has 0 unspecified atom stereocenters. The third-order valence-corrected chi connectivity index (χ3v) is 7.79. The molecule has 5 nitrogen and oxygen atoms in total. The van der Waals surface area contributed by atoms with Gasteiger partial charge in [-0.25, -0.2) is 8.42 Å². The van der Waals surface area contributed by atoms with Crippen molar-refractivity contribution in [1.82, 2.24) is 9.21 Å². The van der Waals surface area contributed by atoms with E-state index < -0.39 is 16.1 Å². The molecule has 0 N–H and O–H groups in total. The highest BCUT2D eigenvalue weighted by atomic mass is 32.2. The second kappa shape index (κ2) is 6.82. The molecule has 2 saturated heterocycles. The Morgan fingerprint density at radius 1 is 1.09 bits per heavy atom. The molecule has 1 aromatic carbocycles. The van der Waals surface area contributed by atoms with Gasteiger partial charge in [-0.2, -0.15) is 16.1 Å².